The van der Waals surface area contributed by atoms with Crippen LogP contribution in [0.4, 0.5) is 10.5 Å². The molecule has 0 aliphatic carbocycles. The summed E-state index contributed by atoms with van der Waals surface area (Å²) in [4.78, 5) is 15.7. The number of benzene rings is 1. The molecule has 1 amide bonds. The lowest BCUT2D eigenvalue weighted by molar-refractivity contribution is 0.169. The molecule has 1 aromatic carbocycles. The van der Waals surface area contributed by atoms with Gasteiger partial charge in [0, 0.05) is 17.6 Å². The summed E-state index contributed by atoms with van der Waals surface area (Å²) in [5, 5.41) is 3.61. The average Bonchev–Trinajstić information content (AvgIpc) is 2.49. The number of para-hydroxylation sites is 1. The molecule has 1 N–H and O–H groups in total. The van der Waals surface area contributed by atoms with Gasteiger partial charge in [-0.3, -0.25) is 5.32 Å². The Balaban J connectivity index is 1.58. The van der Waals surface area contributed by atoms with Crippen molar-refractivity contribution >= 4 is 33.4 Å². The van der Waals surface area contributed by atoms with Crippen LogP contribution >= 0.6 is 21.6 Å². The maximum Gasteiger partial charge on any atom is 0.411 e. The molecule has 20 heavy (non-hydrogen) atoms. The highest BCUT2D eigenvalue weighted by atomic mass is 33.1. The van der Waals surface area contributed by atoms with Crippen molar-refractivity contribution in [2.45, 2.75) is 5.03 Å². The van der Waals surface area contributed by atoms with Crippen LogP contribution in [0, 0.1) is 0 Å². The number of ether oxygens (including phenoxy) is 1. The van der Waals surface area contributed by atoms with Crippen LogP contribution in [-0.4, -0.2) is 23.4 Å². The zero-order chi connectivity index (χ0) is 14.0. The van der Waals surface area contributed by atoms with Gasteiger partial charge in [0.05, 0.1) is 0 Å². The smallest absolute Gasteiger partial charge is 0.411 e. The molecule has 0 bridgehead atoms. The lowest BCUT2D eigenvalue weighted by Crippen LogP contribution is -2.14. The second-order valence-corrected chi connectivity index (χ2v) is 6.14. The van der Waals surface area contributed by atoms with Gasteiger partial charge in [-0.1, -0.05) is 35.1 Å². The molecular weight excluding hydrogens is 292 g/mol. The highest BCUT2D eigenvalue weighted by Gasteiger charge is 2.02. The molecule has 4 nitrogen and oxygen atoms in total. The molecule has 6 heteroatoms. The molecule has 0 aliphatic heterocycles. The number of hydrogen-bond acceptors (Lipinski definition) is 5. The minimum absolute atomic E-state index is 0.364. The van der Waals surface area contributed by atoms with Gasteiger partial charge in [-0.15, -0.1) is 0 Å². The van der Waals surface area contributed by atoms with E-state index in [4.69, 9.17) is 4.74 Å². The molecule has 0 atom stereocenters. The van der Waals surface area contributed by atoms with E-state index < -0.39 is 6.09 Å². The van der Waals surface area contributed by atoms with Gasteiger partial charge in [-0.2, -0.15) is 0 Å². The number of aromatic nitrogens is 1. The van der Waals surface area contributed by atoms with Crippen LogP contribution in [0.25, 0.3) is 0 Å². The largest absolute Gasteiger partial charge is 0.448 e. The van der Waals surface area contributed by atoms with E-state index in [0.717, 1.165) is 10.7 Å². The van der Waals surface area contributed by atoms with Gasteiger partial charge in [0.1, 0.15) is 11.6 Å². The van der Waals surface area contributed by atoms with Gasteiger partial charge in [0.2, 0.25) is 0 Å². The van der Waals surface area contributed by atoms with Crippen LogP contribution in [0.3, 0.4) is 0 Å². The van der Waals surface area contributed by atoms with Crippen LogP contribution in [0.5, 0.6) is 0 Å². The van der Waals surface area contributed by atoms with E-state index in [2.05, 4.69) is 10.3 Å². The maximum atomic E-state index is 11.5. The van der Waals surface area contributed by atoms with Crippen molar-refractivity contribution in [2.75, 3.05) is 17.7 Å². The van der Waals surface area contributed by atoms with E-state index in [9.17, 15) is 4.79 Å². The third kappa shape index (κ3) is 5.54. The number of carbonyl (C=O) groups is 1. The first-order chi connectivity index (χ1) is 9.84. The lowest BCUT2D eigenvalue weighted by atomic mass is 10.3. The summed E-state index contributed by atoms with van der Waals surface area (Å²) in [6, 6.07) is 15.0. The summed E-state index contributed by atoms with van der Waals surface area (Å²) in [7, 11) is 3.17. The summed E-state index contributed by atoms with van der Waals surface area (Å²) in [6.07, 6.45) is 1.33. The Morgan fingerprint density at radius 1 is 1.15 bits per heavy atom. The minimum Gasteiger partial charge on any atom is -0.448 e. The molecule has 0 saturated heterocycles. The first-order valence-electron chi connectivity index (χ1n) is 6.04. The quantitative estimate of drug-likeness (QED) is 0.644. The monoisotopic (exact) mass is 306 g/mol. The number of nitrogens with one attached hydrogen (secondary N) is 1. The summed E-state index contributed by atoms with van der Waals surface area (Å²) < 4.78 is 5.08. The molecule has 0 unspecified atom stereocenters. The summed E-state index contributed by atoms with van der Waals surface area (Å²) in [6.45, 7) is 0.364. The molecule has 0 aliphatic rings. The Labute approximate surface area is 125 Å². The van der Waals surface area contributed by atoms with Crippen molar-refractivity contribution in [3.63, 3.8) is 0 Å². The van der Waals surface area contributed by atoms with Crippen LogP contribution in [0.15, 0.2) is 59.8 Å². The van der Waals surface area contributed by atoms with Gasteiger partial charge in [-0.25, -0.2) is 9.78 Å². The van der Waals surface area contributed by atoms with E-state index >= 15 is 0 Å². The van der Waals surface area contributed by atoms with Crippen molar-refractivity contribution in [1.29, 1.82) is 0 Å². The van der Waals surface area contributed by atoms with Crippen LogP contribution in [-0.2, 0) is 4.74 Å². The van der Waals surface area contributed by atoms with Crippen molar-refractivity contribution in [3.8, 4) is 0 Å². The van der Waals surface area contributed by atoms with Gasteiger partial charge >= 0.3 is 6.09 Å². The molecule has 104 valence electrons. The predicted octanol–water partition coefficient (Wildman–Crippen LogP) is 4.07. The Morgan fingerprint density at radius 2 is 1.95 bits per heavy atom. The molecule has 0 saturated carbocycles. The number of carbonyl (C=O) groups excluding carboxylic acids is 1. The summed E-state index contributed by atoms with van der Waals surface area (Å²) in [5.74, 6) is 0.712. The second kappa shape index (κ2) is 8.50. The fourth-order valence-corrected chi connectivity index (χ4v) is 3.05. The third-order valence-corrected chi connectivity index (χ3v) is 4.43. The summed E-state index contributed by atoms with van der Waals surface area (Å²) in [5.41, 5.74) is 0.730. The molecule has 2 aromatic rings. The normalized spacial score (nSPS) is 10.0. The van der Waals surface area contributed by atoms with Crippen LogP contribution in [0.2, 0.25) is 0 Å². The molecule has 0 spiro atoms. The molecule has 1 aromatic heterocycles. The Kier molecular flexibility index (Phi) is 6.26. The lowest BCUT2D eigenvalue weighted by Gasteiger charge is -2.06. The maximum absolute atomic E-state index is 11.5. The Morgan fingerprint density at radius 3 is 2.70 bits per heavy atom. The summed E-state index contributed by atoms with van der Waals surface area (Å²) >= 11 is 0. The molecule has 2 rings (SSSR count). The zero-order valence-electron chi connectivity index (χ0n) is 10.7. The standard InChI is InChI=1S/C14H14N2O2S2/c17-14(16-12-6-2-1-3-7-12)18-10-11-19-20-13-8-4-5-9-15-13/h1-9H,10-11H2,(H,16,17). The highest BCUT2D eigenvalue weighted by molar-refractivity contribution is 8.76. The fraction of sp³-hybridized carbons (Fsp3) is 0.143. The molecular formula is C14H14N2O2S2. The number of rotatable bonds is 6. The number of nitrogens with zero attached hydrogens (tertiary/aromatic N) is 1. The first kappa shape index (κ1) is 14.7. The van der Waals surface area contributed by atoms with Crippen molar-refractivity contribution < 1.29 is 9.53 Å². The van der Waals surface area contributed by atoms with E-state index in [-0.39, 0.29) is 0 Å². The topological polar surface area (TPSA) is 51.2 Å². The van der Waals surface area contributed by atoms with Gasteiger partial charge in [0.15, 0.2) is 0 Å². The molecule has 0 fully saturated rings. The van der Waals surface area contributed by atoms with Crippen molar-refractivity contribution in [3.05, 3.63) is 54.7 Å². The van der Waals surface area contributed by atoms with Crippen LogP contribution < -0.4 is 5.32 Å². The second-order valence-electron chi connectivity index (χ2n) is 3.70. The Hall–Kier alpha value is -1.66. The molecule has 1 heterocycles. The van der Waals surface area contributed by atoms with E-state index in [1.54, 1.807) is 27.8 Å². The highest BCUT2D eigenvalue weighted by Crippen LogP contribution is 2.28. The van der Waals surface area contributed by atoms with Gasteiger partial charge in [0.25, 0.3) is 0 Å². The zero-order valence-corrected chi connectivity index (χ0v) is 12.3. The molecule has 0 radical (unpaired) electrons. The number of pyridine rings is 1. The average molecular weight is 306 g/mol. The van der Waals surface area contributed by atoms with Crippen molar-refractivity contribution in [2.24, 2.45) is 0 Å². The van der Waals surface area contributed by atoms with Crippen LogP contribution in [0.1, 0.15) is 0 Å². The fourth-order valence-electron chi connectivity index (χ4n) is 1.34. The van der Waals surface area contributed by atoms with E-state index in [0.29, 0.717) is 12.4 Å². The number of amides is 1. The van der Waals surface area contributed by atoms with Crippen molar-refractivity contribution in [1.82, 2.24) is 4.98 Å². The van der Waals surface area contributed by atoms with E-state index in [1.807, 2.05) is 48.5 Å². The predicted molar refractivity (Wildman–Crippen MR) is 84.0 cm³/mol. The number of hydrogen-bond donors (Lipinski definition) is 1. The SMILES string of the molecule is O=C(Nc1ccccc1)OCCSSc1ccccn1. The van der Waals surface area contributed by atoms with Gasteiger partial charge < -0.3 is 4.74 Å². The first-order valence-corrected chi connectivity index (χ1v) is 8.36. The number of anilines is 1. The third-order valence-electron chi connectivity index (χ3n) is 2.20. The Bertz CT molecular complexity index is 523. The van der Waals surface area contributed by atoms with E-state index in [1.165, 1.54) is 0 Å². The minimum atomic E-state index is -0.431. The van der Waals surface area contributed by atoms with Gasteiger partial charge in [-0.05, 0) is 35.1 Å².